The number of aromatic hydroxyl groups is 1. The van der Waals surface area contributed by atoms with Crippen molar-refractivity contribution in [3.05, 3.63) is 29.1 Å². The Morgan fingerprint density at radius 2 is 1.68 bits per heavy atom. The van der Waals surface area contributed by atoms with E-state index in [1.165, 1.54) is 0 Å². The van der Waals surface area contributed by atoms with Crippen LogP contribution in [0.1, 0.15) is 43.7 Å². The lowest BCUT2D eigenvalue weighted by molar-refractivity contribution is 0.293. The Labute approximate surface area is 116 Å². The van der Waals surface area contributed by atoms with Crippen molar-refractivity contribution in [2.45, 2.75) is 38.1 Å². The van der Waals surface area contributed by atoms with E-state index in [1.807, 2.05) is 0 Å². The third kappa shape index (κ3) is 3.15. The van der Waals surface area contributed by atoms with E-state index in [2.05, 4.69) is 0 Å². The molecular formula is C13H17ClF3NO. The van der Waals surface area contributed by atoms with Crippen LogP contribution in [0.5, 0.6) is 5.75 Å². The average molecular weight is 296 g/mol. The minimum Gasteiger partial charge on any atom is -0.507 e. The maximum Gasteiger partial charge on any atom is 0.195 e. The van der Waals surface area contributed by atoms with Crippen LogP contribution in [0.2, 0.25) is 0 Å². The molecule has 19 heavy (non-hydrogen) atoms. The summed E-state index contributed by atoms with van der Waals surface area (Å²) in [6.45, 7) is 0. The van der Waals surface area contributed by atoms with Crippen molar-refractivity contribution in [2.24, 2.45) is 11.7 Å². The Morgan fingerprint density at radius 3 is 2.26 bits per heavy atom. The Bertz CT molecular complexity index is 450. The minimum atomic E-state index is -1.57. The molecule has 1 fully saturated rings. The van der Waals surface area contributed by atoms with Gasteiger partial charge in [-0.25, -0.2) is 13.2 Å². The Morgan fingerprint density at radius 1 is 1.11 bits per heavy atom. The molecule has 1 aliphatic rings. The lowest BCUT2D eigenvalue weighted by atomic mass is 9.81. The predicted molar refractivity (Wildman–Crippen MR) is 68.7 cm³/mol. The molecule has 1 aromatic rings. The lowest BCUT2D eigenvalue weighted by Crippen LogP contribution is -2.25. The molecule has 3 N–H and O–H groups in total. The lowest BCUT2D eigenvalue weighted by Gasteiger charge is -2.28. The molecule has 6 heteroatoms. The molecule has 0 amide bonds. The molecule has 0 heterocycles. The zero-order valence-electron chi connectivity index (χ0n) is 10.3. The quantitative estimate of drug-likeness (QED) is 0.815. The van der Waals surface area contributed by atoms with Gasteiger partial charge in [-0.2, -0.15) is 0 Å². The predicted octanol–water partition coefficient (Wildman–Crippen LogP) is 3.81. The van der Waals surface area contributed by atoms with Gasteiger partial charge >= 0.3 is 0 Å². The number of halogens is 4. The van der Waals surface area contributed by atoms with Crippen molar-refractivity contribution in [1.29, 1.82) is 0 Å². The molecule has 0 aromatic heterocycles. The summed E-state index contributed by atoms with van der Waals surface area (Å²) in [4.78, 5) is 0. The van der Waals surface area contributed by atoms with Crippen LogP contribution in [0, 0.1) is 23.4 Å². The minimum absolute atomic E-state index is 0. The van der Waals surface area contributed by atoms with E-state index in [4.69, 9.17) is 5.73 Å². The van der Waals surface area contributed by atoms with E-state index < -0.39 is 29.2 Å². The highest BCUT2D eigenvalue weighted by Crippen LogP contribution is 2.38. The van der Waals surface area contributed by atoms with Crippen LogP contribution in [0.15, 0.2) is 6.07 Å². The van der Waals surface area contributed by atoms with Crippen molar-refractivity contribution in [1.82, 2.24) is 0 Å². The number of phenolic OH excluding ortho intramolecular Hbond substituents is 1. The molecule has 1 aromatic carbocycles. The zero-order chi connectivity index (χ0) is 13.3. The van der Waals surface area contributed by atoms with Crippen molar-refractivity contribution in [2.75, 3.05) is 0 Å². The third-order valence-corrected chi connectivity index (χ3v) is 3.67. The van der Waals surface area contributed by atoms with Gasteiger partial charge in [-0.1, -0.05) is 19.3 Å². The van der Waals surface area contributed by atoms with Crippen LogP contribution >= 0.6 is 12.4 Å². The second-order valence-corrected chi connectivity index (χ2v) is 4.84. The van der Waals surface area contributed by atoms with E-state index in [0.717, 1.165) is 32.1 Å². The monoisotopic (exact) mass is 295 g/mol. The topological polar surface area (TPSA) is 46.2 Å². The fourth-order valence-electron chi connectivity index (χ4n) is 2.64. The fourth-order valence-corrected chi connectivity index (χ4v) is 2.64. The van der Waals surface area contributed by atoms with Crippen LogP contribution in [0.25, 0.3) is 0 Å². The molecule has 0 bridgehead atoms. The number of phenols is 1. The first-order valence-electron chi connectivity index (χ1n) is 6.14. The smallest absolute Gasteiger partial charge is 0.195 e. The summed E-state index contributed by atoms with van der Waals surface area (Å²) in [5.74, 6) is -4.95. The van der Waals surface area contributed by atoms with Crippen LogP contribution < -0.4 is 5.73 Å². The van der Waals surface area contributed by atoms with Gasteiger partial charge < -0.3 is 10.8 Å². The SMILES string of the molecule is Cl.N[C@@H](c1c(O)cc(F)c(F)c1F)C1CCCCC1. The van der Waals surface area contributed by atoms with E-state index in [9.17, 15) is 18.3 Å². The number of rotatable bonds is 2. The number of nitrogens with two attached hydrogens (primary N) is 1. The first kappa shape index (κ1) is 16.1. The number of benzene rings is 1. The highest BCUT2D eigenvalue weighted by molar-refractivity contribution is 5.85. The molecular weight excluding hydrogens is 279 g/mol. The molecule has 0 spiro atoms. The van der Waals surface area contributed by atoms with Gasteiger partial charge in [-0.3, -0.25) is 0 Å². The van der Waals surface area contributed by atoms with Gasteiger partial charge in [0.2, 0.25) is 0 Å². The number of hydrogen-bond donors (Lipinski definition) is 2. The van der Waals surface area contributed by atoms with Gasteiger partial charge in [0, 0.05) is 17.7 Å². The summed E-state index contributed by atoms with van der Waals surface area (Å²) in [7, 11) is 0. The second kappa shape index (κ2) is 6.48. The maximum atomic E-state index is 13.7. The standard InChI is InChI=1S/C13H16F3NO.ClH/c14-8-6-9(18)10(12(16)11(8)15)13(17)7-4-2-1-3-5-7;/h6-7,13,18H,1-5,17H2;1H/t13-;/m1./s1. The second-order valence-electron chi connectivity index (χ2n) is 4.84. The molecule has 1 saturated carbocycles. The third-order valence-electron chi connectivity index (χ3n) is 3.67. The van der Waals surface area contributed by atoms with Gasteiger partial charge in [0.1, 0.15) is 5.75 Å². The molecule has 0 radical (unpaired) electrons. The summed E-state index contributed by atoms with van der Waals surface area (Å²) >= 11 is 0. The van der Waals surface area contributed by atoms with E-state index in [1.54, 1.807) is 0 Å². The number of hydrogen-bond acceptors (Lipinski definition) is 2. The summed E-state index contributed by atoms with van der Waals surface area (Å²) in [6.07, 6.45) is 4.72. The van der Waals surface area contributed by atoms with Gasteiger partial charge in [0.15, 0.2) is 17.5 Å². The van der Waals surface area contributed by atoms with Crippen LogP contribution in [-0.4, -0.2) is 5.11 Å². The molecule has 0 unspecified atom stereocenters. The first-order valence-corrected chi connectivity index (χ1v) is 6.14. The maximum absolute atomic E-state index is 13.7. The van der Waals surface area contributed by atoms with Crippen LogP contribution in [0.4, 0.5) is 13.2 Å². The van der Waals surface area contributed by atoms with Crippen molar-refractivity contribution in [3.63, 3.8) is 0 Å². The van der Waals surface area contributed by atoms with E-state index in [0.29, 0.717) is 6.07 Å². The summed E-state index contributed by atoms with van der Waals surface area (Å²) in [6, 6.07) is -0.212. The van der Waals surface area contributed by atoms with Crippen molar-refractivity contribution in [3.8, 4) is 5.75 Å². The fraction of sp³-hybridized carbons (Fsp3) is 0.538. The summed E-state index contributed by atoms with van der Waals surface area (Å²) in [5, 5.41) is 9.57. The van der Waals surface area contributed by atoms with E-state index >= 15 is 0 Å². The van der Waals surface area contributed by atoms with Crippen molar-refractivity contribution >= 4 is 12.4 Å². The normalized spacial score (nSPS) is 17.9. The van der Waals surface area contributed by atoms with Crippen LogP contribution in [-0.2, 0) is 0 Å². The molecule has 0 saturated heterocycles. The molecule has 2 nitrogen and oxygen atoms in total. The van der Waals surface area contributed by atoms with Gasteiger partial charge in [0.25, 0.3) is 0 Å². The van der Waals surface area contributed by atoms with Gasteiger partial charge in [-0.05, 0) is 18.8 Å². The first-order chi connectivity index (χ1) is 8.52. The van der Waals surface area contributed by atoms with Crippen molar-refractivity contribution < 1.29 is 18.3 Å². The Hall–Kier alpha value is -0.940. The zero-order valence-corrected chi connectivity index (χ0v) is 11.2. The highest BCUT2D eigenvalue weighted by atomic mass is 35.5. The van der Waals surface area contributed by atoms with E-state index in [-0.39, 0.29) is 23.9 Å². The average Bonchev–Trinajstić information content (AvgIpc) is 2.37. The van der Waals surface area contributed by atoms with Crippen LogP contribution in [0.3, 0.4) is 0 Å². The van der Waals surface area contributed by atoms with Gasteiger partial charge in [0.05, 0.1) is 0 Å². The molecule has 1 atom stereocenters. The van der Waals surface area contributed by atoms with Gasteiger partial charge in [-0.15, -0.1) is 12.4 Å². The molecule has 108 valence electrons. The molecule has 2 rings (SSSR count). The molecule has 1 aliphatic carbocycles. The summed E-state index contributed by atoms with van der Waals surface area (Å²) in [5.41, 5.74) is 5.60. The largest absolute Gasteiger partial charge is 0.507 e. The molecule has 0 aliphatic heterocycles. The Kier molecular flexibility index (Phi) is 5.50. The highest BCUT2D eigenvalue weighted by Gasteiger charge is 2.29. The Balaban J connectivity index is 0.00000180. The summed E-state index contributed by atoms with van der Waals surface area (Å²) < 4.78 is 39.8.